The molecule has 0 bridgehead atoms. The lowest BCUT2D eigenvalue weighted by Crippen LogP contribution is -2.15. The Morgan fingerprint density at radius 3 is 2.48 bits per heavy atom. The van der Waals surface area contributed by atoms with Gasteiger partial charge in [-0.1, -0.05) is 36.2 Å². The van der Waals surface area contributed by atoms with Crippen LogP contribution in [0.1, 0.15) is 29.2 Å². The van der Waals surface area contributed by atoms with Crippen LogP contribution in [0, 0.1) is 0 Å². The Morgan fingerprint density at radius 1 is 1.26 bits per heavy atom. The van der Waals surface area contributed by atoms with Crippen molar-refractivity contribution in [3.05, 3.63) is 45.7 Å². The van der Waals surface area contributed by atoms with E-state index in [4.69, 9.17) is 23.2 Å². The van der Waals surface area contributed by atoms with E-state index in [-0.39, 0.29) is 15.9 Å². The van der Waals surface area contributed by atoms with Gasteiger partial charge in [0.05, 0.1) is 10.0 Å². The van der Waals surface area contributed by atoms with Crippen LogP contribution in [0.4, 0.5) is 19.1 Å². The number of amides is 1. The number of aromatic nitrogens is 6. The van der Waals surface area contributed by atoms with Crippen molar-refractivity contribution in [2.24, 2.45) is 0 Å². The lowest BCUT2D eigenvalue weighted by molar-refractivity contribution is -0.144. The number of alkyl halides is 3. The van der Waals surface area contributed by atoms with Gasteiger partial charge >= 0.3 is 6.18 Å². The molecule has 0 unspecified atom stereocenters. The molecule has 142 valence electrons. The van der Waals surface area contributed by atoms with Crippen molar-refractivity contribution in [2.75, 3.05) is 5.32 Å². The van der Waals surface area contributed by atoms with E-state index in [0.717, 1.165) is 0 Å². The fourth-order valence-corrected chi connectivity index (χ4v) is 2.70. The number of nitrogens with one attached hydrogen (secondary N) is 2. The van der Waals surface area contributed by atoms with Gasteiger partial charge in [0.1, 0.15) is 11.5 Å². The van der Waals surface area contributed by atoms with Crippen molar-refractivity contribution < 1.29 is 18.0 Å². The molecule has 0 aliphatic heterocycles. The monoisotopic (exact) mass is 419 g/mol. The summed E-state index contributed by atoms with van der Waals surface area (Å²) in [4.78, 5) is 19.5. The molecule has 0 saturated carbocycles. The molecular formula is C14H10Cl2F3N7O. The zero-order valence-corrected chi connectivity index (χ0v) is 15.0. The van der Waals surface area contributed by atoms with Gasteiger partial charge in [-0.3, -0.25) is 15.2 Å². The van der Waals surface area contributed by atoms with Crippen LogP contribution in [0.15, 0.2) is 18.2 Å². The predicted octanol–water partition coefficient (Wildman–Crippen LogP) is 3.53. The number of halogens is 5. The first-order chi connectivity index (χ1) is 12.7. The topological polar surface area (TPSA) is 101 Å². The van der Waals surface area contributed by atoms with E-state index in [9.17, 15) is 18.0 Å². The number of hydrogen-bond donors (Lipinski definition) is 2. The maximum Gasteiger partial charge on any atom is 0.451 e. The summed E-state index contributed by atoms with van der Waals surface area (Å²) >= 11 is 12.3. The molecule has 0 atom stereocenters. The number of aromatic amines is 1. The second-order valence-corrected chi connectivity index (χ2v) is 5.96. The van der Waals surface area contributed by atoms with Gasteiger partial charge in [-0.05, 0) is 12.1 Å². The number of carbonyl (C=O) groups is 1. The first-order valence-corrected chi connectivity index (χ1v) is 8.17. The summed E-state index contributed by atoms with van der Waals surface area (Å²) in [5.74, 6) is -2.72. The number of rotatable bonds is 4. The third kappa shape index (κ3) is 3.88. The Hall–Kier alpha value is -2.66. The summed E-state index contributed by atoms with van der Waals surface area (Å²) in [7, 11) is 0. The smallest absolute Gasteiger partial charge is 0.286 e. The summed E-state index contributed by atoms with van der Waals surface area (Å²) in [5.41, 5.74) is 0.335. The molecule has 3 aromatic rings. The second-order valence-electron chi connectivity index (χ2n) is 5.15. The van der Waals surface area contributed by atoms with Gasteiger partial charge in [0.15, 0.2) is 0 Å². The number of H-pyrrole nitrogens is 1. The van der Waals surface area contributed by atoms with Gasteiger partial charge in [-0.25, -0.2) is 9.67 Å². The van der Waals surface area contributed by atoms with E-state index in [0.29, 0.717) is 17.9 Å². The average molecular weight is 420 g/mol. The summed E-state index contributed by atoms with van der Waals surface area (Å²) in [6.45, 7) is 1.78. The highest BCUT2D eigenvalue weighted by Crippen LogP contribution is 2.29. The molecule has 8 nitrogen and oxygen atoms in total. The number of benzene rings is 1. The zero-order chi connectivity index (χ0) is 19.8. The van der Waals surface area contributed by atoms with Crippen LogP contribution in [-0.4, -0.2) is 35.9 Å². The number of nitrogens with zero attached hydrogens (tertiary/aromatic N) is 5. The average Bonchev–Trinajstić information content (AvgIpc) is 3.21. The van der Waals surface area contributed by atoms with E-state index in [1.54, 1.807) is 30.2 Å². The summed E-state index contributed by atoms with van der Waals surface area (Å²) < 4.78 is 38.9. The lowest BCUT2D eigenvalue weighted by Gasteiger charge is -2.08. The van der Waals surface area contributed by atoms with E-state index in [1.807, 2.05) is 0 Å². The highest BCUT2D eigenvalue weighted by atomic mass is 35.5. The zero-order valence-electron chi connectivity index (χ0n) is 13.5. The summed E-state index contributed by atoms with van der Waals surface area (Å²) in [6.07, 6.45) is -4.33. The minimum Gasteiger partial charge on any atom is -0.286 e. The highest BCUT2D eigenvalue weighted by Gasteiger charge is 2.35. The van der Waals surface area contributed by atoms with E-state index < -0.39 is 23.9 Å². The van der Waals surface area contributed by atoms with Crippen molar-refractivity contribution in [1.82, 2.24) is 29.9 Å². The van der Waals surface area contributed by atoms with Crippen LogP contribution in [0.3, 0.4) is 0 Å². The molecule has 0 spiro atoms. The molecule has 27 heavy (non-hydrogen) atoms. The van der Waals surface area contributed by atoms with Crippen LogP contribution in [0.2, 0.25) is 10.0 Å². The Kier molecular flexibility index (Phi) is 5.07. The number of aryl methyl sites for hydroxylation is 1. The van der Waals surface area contributed by atoms with Crippen LogP contribution in [0.25, 0.3) is 5.69 Å². The number of para-hydroxylation sites is 1. The lowest BCUT2D eigenvalue weighted by atomic mass is 10.3. The molecule has 2 aromatic heterocycles. The van der Waals surface area contributed by atoms with E-state index in [2.05, 4.69) is 25.5 Å². The Bertz CT molecular complexity index is 979. The van der Waals surface area contributed by atoms with Crippen molar-refractivity contribution in [3.8, 4) is 5.69 Å². The van der Waals surface area contributed by atoms with Gasteiger partial charge in [0.2, 0.25) is 17.6 Å². The van der Waals surface area contributed by atoms with Gasteiger partial charge in [-0.2, -0.15) is 18.2 Å². The highest BCUT2D eigenvalue weighted by molar-refractivity contribution is 6.37. The second kappa shape index (κ2) is 7.16. The van der Waals surface area contributed by atoms with Crippen LogP contribution >= 0.6 is 23.2 Å². The van der Waals surface area contributed by atoms with Gasteiger partial charge in [0.25, 0.3) is 5.91 Å². The first kappa shape index (κ1) is 19.1. The molecule has 0 saturated heterocycles. The Balaban J connectivity index is 1.91. The molecule has 0 fully saturated rings. The van der Waals surface area contributed by atoms with Crippen molar-refractivity contribution in [1.29, 1.82) is 0 Å². The quantitative estimate of drug-likeness (QED) is 0.673. The van der Waals surface area contributed by atoms with Gasteiger partial charge < -0.3 is 0 Å². The predicted molar refractivity (Wildman–Crippen MR) is 90.1 cm³/mol. The molecule has 0 radical (unpaired) electrons. The fraction of sp³-hybridized carbons (Fsp3) is 0.214. The third-order valence-corrected chi connectivity index (χ3v) is 3.93. The van der Waals surface area contributed by atoms with Crippen molar-refractivity contribution in [3.63, 3.8) is 0 Å². The first-order valence-electron chi connectivity index (χ1n) is 7.42. The minimum atomic E-state index is -4.72. The number of carbonyl (C=O) groups excluding carboxylic acids is 1. The maximum atomic E-state index is 12.5. The molecule has 1 amide bonds. The van der Waals surface area contributed by atoms with Crippen LogP contribution < -0.4 is 5.32 Å². The molecule has 1 aromatic carbocycles. The number of anilines is 1. The summed E-state index contributed by atoms with van der Waals surface area (Å²) in [5, 5.41) is 11.7. The van der Waals surface area contributed by atoms with Crippen LogP contribution in [-0.2, 0) is 12.6 Å². The molecule has 13 heteroatoms. The fourth-order valence-electron chi connectivity index (χ4n) is 2.14. The van der Waals surface area contributed by atoms with Gasteiger partial charge in [-0.15, -0.1) is 10.2 Å². The van der Waals surface area contributed by atoms with E-state index in [1.165, 1.54) is 4.68 Å². The standard InChI is InChI=1S/C14H10Cl2F3N7O/c1-2-8-20-10(25-26(8)9-6(15)4-3-5-7(9)16)11(27)21-13-22-12(23-24-13)14(17,18)19/h3-5H,2H2,1H3,(H2,21,22,23,24,27). The van der Waals surface area contributed by atoms with Crippen molar-refractivity contribution >= 4 is 35.1 Å². The largest absolute Gasteiger partial charge is 0.451 e. The van der Waals surface area contributed by atoms with E-state index >= 15 is 0 Å². The molecule has 0 aliphatic rings. The molecular weight excluding hydrogens is 410 g/mol. The number of hydrogen-bond acceptors (Lipinski definition) is 5. The molecule has 0 aliphatic carbocycles. The Morgan fingerprint density at radius 2 is 1.93 bits per heavy atom. The SMILES string of the molecule is CCc1nc(C(=O)Nc2n[nH]c(C(F)(F)F)n2)nn1-c1c(Cl)cccc1Cl. The minimum absolute atomic E-state index is 0.290. The Labute approximate surface area is 159 Å². The van der Waals surface area contributed by atoms with Gasteiger partial charge in [0, 0.05) is 6.42 Å². The maximum absolute atomic E-state index is 12.5. The molecule has 2 heterocycles. The normalized spacial score (nSPS) is 11.6. The van der Waals surface area contributed by atoms with Crippen LogP contribution in [0.5, 0.6) is 0 Å². The molecule has 2 N–H and O–H groups in total. The van der Waals surface area contributed by atoms with Crippen molar-refractivity contribution in [2.45, 2.75) is 19.5 Å². The summed E-state index contributed by atoms with van der Waals surface area (Å²) in [6, 6.07) is 4.83. The molecule has 3 rings (SSSR count). The third-order valence-electron chi connectivity index (χ3n) is 3.32.